The van der Waals surface area contributed by atoms with Gasteiger partial charge in [-0.25, -0.2) is 4.57 Å². The van der Waals surface area contributed by atoms with Gasteiger partial charge in [-0.3, -0.25) is 0 Å². The predicted octanol–water partition coefficient (Wildman–Crippen LogP) is 2.51. The first kappa shape index (κ1) is 13.6. The average molecular weight is 238 g/mol. The van der Waals surface area contributed by atoms with Crippen molar-refractivity contribution in [3.63, 3.8) is 0 Å². The van der Waals surface area contributed by atoms with Crippen LogP contribution in [0.1, 0.15) is 19.8 Å². The van der Waals surface area contributed by atoms with Gasteiger partial charge in [0, 0.05) is 18.4 Å². The molecule has 0 aliphatic carbocycles. The van der Waals surface area contributed by atoms with Crippen molar-refractivity contribution in [2.24, 2.45) is 0 Å². The zero-order valence-corrected chi connectivity index (χ0v) is 9.89. The Kier molecular flexibility index (Phi) is 10.4. The van der Waals surface area contributed by atoms with E-state index in [2.05, 4.69) is 23.3 Å². The number of unbranched alkanes of at least 4 members (excludes halogenated alkanes) is 1. The Balaban J connectivity index is 3.09. The van der Waals surface area contributed by atoms with Gasteiger partial charge in [-0.05, 0) is 6.42 Å². The Hall–Kier alpha value is -0.380. The lowest BCUT2D eigenvalue weighted by atomic mass is 10.4. The summed E-state index contributed by atoms with van der Waals surface area (Å²) in [6.45, 7) is 1.87. The van der Waals surface area contributed by atoms with Gasteiger partial charge in [0.1, 0.15) is 19.1 Å². The SMILES string of the molecule is CCCCOCCOC=COP(=O)=S. The summed E-state index contributed by atoms with van der Waals surface area (Å²) >= 11 is 4.28. The largest absolute Gasteiger partial charge is 0.496 e. The molecular weight excluding hydrogens is 223 g/mol. The summed E-state index contributed by atoms with van der Waals surface area (Å²) in [5.41, 5.74) is 0. The summed E-state index contributed by atoms with van der Waals surface area (Å²) in [6, 6.07) is 0. The van der Waals surface area contributed by atoms with Crippen LogP contribution in [0.3, 0.4) is 0 Å². The Bertz CT molecular complexity index is 207. The first-order valence-electron chi connectivity index (χ1n) is 4.43. The van der Waals surface area contributed by atoms with E-state index in [4.69, 9.17) is 9.47 Å². The Morgan fingerprint density at radius 1 is 1.29 bits per heavy atom. The van der Waals surface area contributed by atoms with E-state index < -0.39 is 6.80 Å². The molecule has 0 aromatic carbocycles. The number of rotatable bonds is 9. The number of hydrogen-bond donors (Lipinski definition) is 0. The molecule has 0 N–H and O–H groups in total. The van der Waals surface area contributed by atoms with Crippen LogP contribution in [-0.2, 0) is 30.4 Å². The molecular formula is C8H15O4PS. The van der Waals surface area contributed by atoms with Crippen LogP contribution in [0, 0.1) is 0 Å². The fourth-order valence-electron chi connectivity index (χ4n) is 0.637. The van der Waals surface area contributed by atoms with E-state index in [1.807, 2.05) is 0 Å². The molecule has 14 heavy (non-hydrogen) atoms. The lowest BCUT2D eigenvalue weighted by Gasteiger charge is -2.02. The minimum Gasteiger partial charge on any atom is -0.496 e. The van der Waals surface area contributed by atoms with Gasteiger partial charge >= 0.3 is 6.80 Å². The van der Waals surface area contributed by atoms with Crippen molar-refractivity contribution in [3.05, 3.63) is 12.5 Å². The lowest BCUT2D eigenvalue weighted by molar-refractivity contribution is 0.0821. The van der Waals surface area contributed by atoms with Crippen LogP contribution in [0.15, 0.2) is 12.5 Å². The molecule has 0 heterocycles. The second kappa shape index (κ2) is 10.7. The van der Waals surface area contributed by atoms with Crippen molar-refractivity contribution in [3.8, 4) is 0 Å². The quantitative estimate of drug-likeness (QED) is 0.351. The summed E-state index contributed by atoms with van der Waals surface area (Å²) in [4.78, 5) is 0. The molecule has 82 valence electrons. The monoisotopic (exact) mass is 238 g/mol. The van der Waals surface area contributed by atoms with Crippen molar-refractivity contribution in [1.29, 1.82) is 0 Å². The molecule has 0 rings (SSSR count). The van der Waals surface area contributed by atoms with Gasteiger partial charge in [-0.1, -0.05) is 13.3 Å². The summed E-state index contributed by atoms with van der Waals surface area (Å²) < 4.78 is 24.9. The fourth-order valence-corrected chi connectivity index (χ4v) is 0.936. The molecule has 0 amide bonds. The zero-order chi connectivity index (χ0) is 10.6. The molecule has 0 aromatic rings. The molecule has 1 unspecified atom stereocenters. The molecule has 0 aliphatic rings. The second-order valence-corrected chi connectivity index (χ2v) is 3.99. The van der Waals surface area contributed by atoms with Crippen molar-refractivity contribution in [2.45, 2.75) is 19.8 Å². The highest BCUT2D eigenvalue weighted by atomic mass is 32.4. The lowest BCUT2D eigenvalue weighted by Crippen LogP contribution is -2.02. The van der Waals surface area contributed by atoms with E-state index in [0.29, 0.717) is 13.2 Å². The van der Waals surface area contributed by atoms with Crippen molar-refractivity contribution in [2.75, 3.05) is 19.8 Å². The Morgan fingerprint density at radius 3 is 2.71 bits per heavy atom. The molecule has 0 bridgehead atoms. The summed E-state index contributed by atoms with van der Waals surface area (Å²) in [5.74, 6) is 0. The van der Waals surface area contributed by atoms with Gasteiger partial charge in [-0.2, -0.15) is 0 Å². The van der Waals surface area contributed by atoms with E-state index in [1.165, 1.54) is 12.5 Å². The first-order chi connectivity index (χ1) is 6.77. The van der Waals surface area contributed by atoms with E-state index in [9.17, 15) is 4.57 Å². The molecule has 0 fully saturated rings. The highest BCUT2D eigenvalue weighted by molar-refractivity contribution is 7.97. The van der Waals surface area contributed by atoms with E-state index in [1.54, 1.807) is 0 Å². The fraction of sp³-hybridized carbons (Fsp3) is 0.750. The maximum absolute atomic E-state index is 10.3. The third kappa shape index (κ3) is 11.6. The van der Waals surface area contributed by atoms with Crippen molar-refractivity contribution in [1.82, 2.24) is 0 Å². The Morgan fingerprint density at radius 2 is 2.07 bits per heavy atom. The number of hydrogen-bond acceptors (Lipinski definition) is 5. The van der Waals surface area contributed by atoms with Crippen LogP contribution in [-0.4, -0.2) is 19.8 Å². The standard InChI is InChI=1S/C8H15O4PS/c1-2-3-4-10-5-6-11-7-8-12-13(9)14/h7-8H,2-6H2,1H3. The average Bonchev–Trinajstić information content (AvgIpc) is 2.15. The Labute approximate surface area is 89.8 Å². The van der Waals surface area contributed by atoms with Crippen molar-refractivity contribution < 1.29 is 18.6 Å². The first-order valence-corrected chi connectivity index (χ1v) is 6.62. The highest BCUT2D eigenvalue weighted by Crippen LogP contribution is 2.04. The smallest absolute Gasteiger partial charge is 0.368 e. The molecule has 6 heteroatoms. The zero-order valence-electron chi connectivity index (χ0n) is 8.18. The van der Waals surface area contributed by atoms with Crippen LogP contribution in [0.2, 0.25) is 0 Å². The second-order valence-electron chi connectivity index (χ2n) is 2.44. The highest BCUT2D eigenvalue weighted by Gasteiger charge is 1.86. The molecule has 0 saturated heterocycles. The molecule has 0 aliphatic heterocycles. The van der Waals surface area contributed by atoms with Gasteiger partial charge in [0.15, 0.2) is 0 Å². The van der Waals surface area contributed by atoms with E-state index in [0.717, 1.165) is 19.4 Å². The van der Waals surface area contributed by atoms with E-state index in [-0.39, 0.29) is 0 Å². The van der Waals surface area contributed by atoms with Crippen LogP contribution in [0.4, 0.5) is 0 Å². The van der Waals surface area contributed by atoms with Crippen LogP contribution < -0.4 is 0 Å². The van der Waals surface area contributed by atoms with Crippen molar-refractivity contribution >= 4 is 18.6 Å². The summed E-state index contributed by atoms with van der Waals surface area (Å²) in [6.07, 6.45) is 4.68. The predicted molar refractivity (Wildman–Crippen MR) is 56.9 cm³/mol. The number of ether oxygens (including phenoxy) is 2. The molecule has 0 radical (unpaired) electrons. The minimum absolute atomic E-state index is 0.456. The van der Waals surface area contributed by atoms with Crippen LogP contribution in [0.5, 0.6) is 0 Å². The maximum atomic E-state index is 10.3. The molecule has 0 spiro atoms. The normalized spacial score (nSPS) is 11.6. The molecule has 0 saturated carbocycles. The molecule has 1 atom stereocenters. The third-order valence-electron chi connectivity index (χ3n) is 1.29. The van der Waals surface area contributed by atoms with E-state index >= 15 is 0 Å². The maximum Gasteiger partial charge on any atom is 0.368 e. The molecule has 0 aromatic heterocycles. The summed E-state index contributed by atoms with van der Waals surface area (Å²) in [5, 5.41) is 0. The minimum atomic E-state index is -2.00. The van der Waals surface area contributed by atoms with Gasteiger partial charge in [0.2, 0.25) is 0 Å². The topological polar surface area (TPSA) is 44.8 Å². The van der Waals surface area contributed by atoms with Crippen LogP contribution in [0.25, 0.3) is 0 Å². The van der Waals surface area contributed by atoms with Gasteiger partial charge in [0.05, 0.1) is 6.61 Å². The molecule has 4 nitrogen and oxygen atoms in total. The van der Waals surface area contributed by atoms with Gasteiger partial charge in [-0.15, -0.1) is 0 Å². The third-order valence-corrected chi connectivity index (χ3v) is 1.84. The van der Waals surface area contributed by atoms with Gasteiger partial charge in [0.25, 0.3) is 0 Å². The van der Waals surface area contributed by atoms with Gasteiger partial charge < -0.3 is 14.0 Å². The summed E-state index contributed by atoms with van der Waals surface area (Å²) in [7, 11) is 0. The van der Waals surface area contributed by atoms with Crippen LogP contribution >= 0.6 is 6.80 Å².